The van der Waals surface area contributed by atoms with Crippen LogP contribution in [0.25, 0.3) is 11.5 Å². The number of carbonyl (C=O) groups excluding carboxylic acids is 1. The smallest absolute Gasteiger partial charge is 0.275 e. The van der Waals surface area contributed by atoms with Crippen molar-refractivity contribution < 1.29 is 18.1 Å². The standard InChI is InChI=1S/C17H15FN4O3/c1-11-19-13(9-24-11)15(23)22-8-7-17(18,10-22)16-20-14(25-21-16)12-5-3-2-4-6-12/h2-6,9H,7-8,10H2,1H3. The van der Waals surface area contributed by atoms with Crippen LogP contribution in [-0.2, 0) is 5.67 Å². The van der Waals surface area contributed by atoms with Crippen LogP contribution in [0.1, 0.15) is 28.6 Å². The summed E-state index contributed by atoms with van der Waals surface area (Å²) in [4.78, 5) is 21.9. The van der Waals surface area contributed by atoms with Crippen molar-refractivity contribution in [2.45, 2.75) is 19.0 Å². The number of rotatable bonds is 3. The molecule has 7 nitrogen and oxygen atoms in total. The quantitative estimate of drug-likeness (QED) is 0.727. The van der Waals surface area contributed by atoms with E-state index in [0.29, 0.717) is 11.5 Å². The van der Waals surface area contributed by atoms with Crippen molar-refractivity contribution in [2.75, 3.05) is 13.1 Å². The van der Waals surface area contributed by atoms with Crippen LogP contribution in [0.5, 0.6) is 0 Å². The molecule has 0 radical (unpaired) electrons. The minimum atomic E-state index is -1.84. The number of benzene rings is 1. The van der Waals surface area contributed by atoms with Gasteiger partial charge in [0.1, 0.15) is 6.26 Å². The molecule has 0 aliphatic carbocycles. The summed E-state index contributed by atoms with van der Waals surface area (Å²) >= 11 is 0. The van der Waals surface area contributed by atoms with Crippen molar-refractivity contribution in [3.63, 3.8) is 0 Å². The molecule has 4 rings (SSSR count). The van der Waals surface area contributed by atoms with Gasteiger partial charge in [-0.05, 0) is 12.1 Å². The molecular formula is C17H15FN4O3. The molecule has 0 bridgehead atoms. The molecule has 0 spiro atoms. The van der Waals surface area contributed by atoms with Crippen LogP contribution in [0.4, 0.5) is 4.39 Å². The van der Waals surface area contributed by atoms with E-state index < -0.39 is 5.67 Å². The van der Waals surface area contributed by atoms with Gasteiger partial charge in [0.2, 0.25) is 5.82 Å². The van der Waals surface area contributed by atoms with Gasteiger partial charge >= 0.3 is 0 Å². The Labute approximate surface area is 142 Å². The SMILES string of the molecule is Cc1nc(C(=O)N2CCC(F)(c3noc(-c4ccccc4)n3)C2)co1. The third-order valence-electron chi connectivity index (χ3n) is 4.19. The predicted molar refractivity (Wildman–Crippen MR) is 84.3 cm³/mol. The highest BCUT2D eigenvalue weighted by Crippen LogP contribution is 2.35. The van der Waals surface area contributed by atoms with Gasteiger partial charge in [-0.15, -0.1) is 0 Å². The minimum absolute atomic E-state index is 0.0435. The average Bonchev–Trinajstić information content (AvgIpc) is 3.35. The Hall–Kier alpha value is -3.03. The summed E-state index contributed by atoms with van der Waals surface area (Å²) in [5, 5.41) is 3.78. The summed E-state index contributed by atoms with van der Waals surface area (Å²) in [6, 6.07) is 9.14. The normalized spacial score (nSPS) is 20.2. The number of aromatic nitrogens is 3. The molecule has 1 atom stereocenters. The first-order chi connectivity index (χ1) is 12.0. The number of halogens is 1. The number of nitrogens with zero attached hydrogens (tertiary/aromatic N) is 4. The van der Waals surface area contributed by atoms with E-state index in [2.05, 4.69) is 15.1 Å². The predicted octanol–water partition coefficient (Wildman–Crippen LogP) is 2.74. The van der Waals surface area contributed by atoms with Crippen molar-refractivity contribution in [3.8, 4) is 11.5 Å². The van der Waals surface area contributed by atoms with E-state index in [0.717, 1.165) is 0 Å². The number of aryl methyl sites for hydroxylation is 1. The van der Waals surface area contributed by atoms with Crippen molar-refractivity contribution in [1.29, 1.82) is 0 Å². The Bertz CT molecular complexity index is 908. The third-order valence-corrected chi connectivity index (χ3v) is 4.19. The topological polar surface area (TPSA) is 85.3 Å². The molecule has 2 aromatic heterocycles. The number of amides is 1. The van der Waals surface area contributed by atoms with Gasteiger partial charge in [-0.2, -0.15) is 4.98 Å². The highest BCUT2D eigenvalue weighted by molar-refractivity contribution is 5.92. The lowest BCUT2D eigenvalue weighted by Gasteiger charge is -2.17. The molecule has 3 heterocycles. The van der Waals surface area contributed by atoms with E-state index in [1.807, 2.05) is 18.2 Å². The van der Waals surface area contributed by atoms with Crippen LogP contribution in [-0.4, -0.2) is 39.0 Å². The monoisotopic (exact) mass is 342 g/mol. The Morgan fingerprint density at radius 3 is 2.80 bits per heavy atom. The van der Waals surface area contributed by atoms with E-state index >= 15 is 4.39 Å². The maximum Gasteiger partial charge on any atom is 0.275 e. The minimum Gasteiger partial charge on any atom is -0.448 e. The molecule has 25 heavy (non-hydrogen) atoms. The first-order valence-electron chi connectivity index (χ1n) is 7.85. The molecule has 1 amide bonds. The molecular weight excluding hydrogens is 327 g/mol. The number of likely N-dealkylation sites (tertiary alicyclic amines) is 1. The molecule has 128 valence electrons. The largest absolute Gasteiger partial charge is 0.448 e. The molecule has 8 heteroatoms. The molecule has 0 N–H and O–H groups in total. The van der Waals surface area contributed by atoms with Gasteiger partial charge in [0.05, 0.1) is 6.54 Å². The Morgan fingerprint density at radius 2 is 2.08 bits per heavy atom. The zero-order valence-electron chi connectivity index (χ0n) is 13.5. The fourth-order valence-corrected chi connectivity index (χ4v) is 2.86. The van der Waals surface area contributed by atoms with Gasteiger partial charge in [0, 0.05) is 25.5 Å². The van der Waals surface area contributed by atoms with Gasteiger partial charge in [0.25, 0.3) is 11.8 Å². The molecule has 1 fully saturated rings. The summed E-state index contributed by atoms with van der Waals surface area (Å²) in [7, 11) is 0. The first kappa shape index (κ1) is 15.5. The molecule has 0 saturated carbocycles. The molecule has 1 aliphatic heterocycles. The van der Waals surface area contributed by atoms with Crippen LogP contribution >= 0.6 is 0 Å². The zero-order valence-corrected chi connectivity index (χ0v) is 13.5. The molecule has 3 aromatic rings. The molecule has 1 aliphatic rings. The van der Waals surface area contributed by atoms with Crippen LogP contribution < -0.4 is 0 Å². The van der Waals surface area contributed by atoms with Gasteiger partial charge in [-0.25, -0.2) is 9.37 Å². The second-order valence-electron chi connectivity index (χ2n) is 5.98. The highest BCUT2D eigenvalue weighted by atomic mass is 19.1. The number of alkyl halides is 1. The van der Waals surface area contributed by atoms with E-state index in [1.165, 1.54) is 11.2 Å². The van der Waals surface area contributed by atoms with Crippen LogP contribution in [0, 0.1) is 6.92 Å². The van der Waals surface area contributed by atoms with Crippen molar-refractivity contribution >= 4 is 5.91 Å². The highest BCUT2D eigenvalue weighted by Gasteiger charge is 2.46. The number of carbonyl (C=O) groups is 1. The average molecular weight is 342 g/mol. The Kier molecular flexibility index (Phi) is 3.60. The lowest BCUT2D eigenvalue weighted by atomic mass is 10.1. The summed E-state index contributed by atoms with van der Waals surface area (Å²) < 4.78 is 25.5. The number of hydrogen-bond acceptors (Lipinski definition) is 6. The van der Waals surface area contributed by atoms with Crippen LogP contribution in [0.15, 0.2) is 45.5 Å². The summed E-state index contributed by atoms with van der Waals surface area (Å²) in [5.41, 5.74) is -0.959. The van der Waals surface area contributed by atoms with Crippen molar-refractivity contribution in [1.82, 2.24) is 20.0 Å². The van der Waals surface area contributed by atoms with Crippen LogP contribution in [0.2, 0.25) is 0 Å². The molecule has 1 aromatic carbocycles. The Morgan fingerprint density at radius 1 is 1.28 bits per heavy atom. The second-order valence-corrected chi connectivity index (χ2v) is 5.98. The number of hydrogen-bond donors (Lipinski definition) is 0. The van der Waals surface area contributed by atoms with E-state index in [1.54, 1.807) is 19.1 Å². The summed E-state index contributed by atoms with van der Waals surface area (Å²) in [6.45, 7) is 1.74. The van der Waals surface area contributed by atoms with E-state index in [4.69, 9.17) is 8.94 Å². The van der Waals surface area contributed by atoms with Crippen molar-refractivity contribution in [2.24, 2.45) is 0 Å². The molecule has 1 saturated heterocycles. The lowest BCUT2D eigenvalue weighted by molar-refractivity contribution is 0.0737. The van der Waals surface area contributed by atoms with E-state index in [9.17, 15) is 4.79 Å². The summed E-state index contributed by atoms with van der Waals surface area (Å²) in [5.74, 6) is 0.227. The number of oxazole rings is 1. The maximum atomic E-state index is 15.3. The van der Waals surface area contributed by atoms with Gasteiger partial charge < -0.3 is 13.8 Å². The molecule has 1 unspecified atom stereocenters. The van der Waals surface area contributed by atoms with Crippen molar-refractivity contribution in [3.05, 3.63) is 54.0 Å². The van der Waals surface area contributed by atoms with Gasteiger partial charge in [-0.3, -0.25) is 4.79 Å². The van der Waals surface area contributed by atoms with Gasteiger partial charge in [0.15, 0.2) is 17.3 Å². The van der Waals surface area contributed by atoms with Gasteiger partial charge in [-0.1, -0.05) is 23.4 Å². The lowest BCUT2D eigenvalue weighted by Crippen LogP contribution is -2.33. The van der Waals surface area contributed by atoms with Crippen LogP contribution in [0.3, 0.4) is 0 Å². The maximum absolute atomic E-state index is 15.3. The summed E-state index contributed by atoms with van der Waals surface area (Å²) in [6.07, 6.45) is 1.38. The zero-order chi connectivity index (χ0) is 17.4. The second kappa shape index (κ2) is 5.80. The Balaban J connectivity index is 1.54. The fourth-order valence-electron chi connectivity index (χ4n) is 2.86. The first-order valence-corrected chi connectivity index (χ1v) is 7.85. The van der Waals surface area contributed by atoms with E-state index in [-0.39, 0.29) is 42.8 Å². The third kappa shape index (κ3) is 2.79. The fraction of sp³-hybridized carbons (Fsp3) is 0.294.